The van der Waals surface area contributed by atoms with Crippen molar-refractivity contribution < 1.29 is 17.2 Å². The van der Waals surface area contributed by atoms with Gasteiger partial charge in [-0.15, -0.1) is 0 Å². The van der Waals surface area contributed by atoms with E-state index in [2.05, 4.69) is 4.72 Å². The zero-order valence-electron chi connectivity index (χ0n) is 10.8. The average Bonchev–Trinajstić information content (AvgIpc) is 2.91. The molecule has 1 aromatic carbocycles. The van der Waals surface area contributed by atoms with Gasteiger partial charge in [-0.3, -0.25) is 0 Å². The van der Waals surface area contributed by atoms with Crippen LogP contribution in [0.2, 0.25) is 0 Å². The quantitative estimate of drug-likeness (QED) is 0.883. The number of sulfonamides is 1. The molecular formula is C13H15FN2O3S. The van der Waals surface area contributed by atoms with Gasteiger partial charge in [0.15, 0.2) is 0 Å². The lowest BCUT2D eigenvalue weighted by atomic mass is 10.2. The molecule has 0 saturated heterocycles. The molecule has 1 unspecified atom stereocenters. The second kappa shape index (κ2) is 5.74. The van der Waals surface area contributed by atoms with Gasteiger partial charge in [0.2, 0.25) is 10.0 Å². The zero-order chi connectivity index (χ0) is 14.8. The molecule has 7 heteroatoms. The number of furan rings is 1. The van der Waals surface area contributed by atoms with Gasteiger partial charge in [0.25, 0.3) is 0 Å². The lowest BCUT2D eigenvalue weighted by Crippen LogP contribution is -2.28. The highest BCUT2D eigenvalue weighted by Crippen LogP contribution is 2.21. The van der Waals surface area contributed by atoms with Gasteiger partial charge in [0.1, 0.15) is 11.6 Å². The Morgan fingerprint density at radius 1 is 1.35 bits per heavy atom. The van der Waals surface area contributed by atoms with Gasteiger partial charge in [0, 0.05) is 12.1 Å². The van der Waals surface area contributed by atoms with Crippen LogP contribution in [0.4, 0.5) is 4.39 Å². The molecule has 1 atom stereocenters. The van der Waals surface area contributed by atoms with Crippen LogP contribution < -0.4 is 10.5 Å². The van der Waals surface area contributed by atoms with Crippen molar-refractivity contribution in [3.63, 3.8) is 0 Å². The molecule has 20 heavy (non-hydrogen) atoms. The molecule has 0 aliphatic rings. The summed E-state index contributed by atoms with van der Waals surface area (Å²) in [5.74, 6) is -0.166. The Balaban J connectivity index is 2.34. The summed E-state index contributed by atoms with van der Waals surface area (Å²) in [7, 11) is -3.88. The Morgan fingerprint density at radius 2 is 2.10 bits per heavy atom. The molecule has 0 bridgehead atoms. The fourth-order valence-electron chi connectivity index (χ4n) is 1.88. The monoisotopic (exact) mass is 298 g/mol. The molecular weight excluding hydrogens is 283 g/mol. The third kappa shape index (κ3) is 2.90. The van der Waals surface area contributed by atoms with Gasteiger partial charge < -0.3 is 10.2 Å². The Labute approximate surface area is 116 Å². The summed E-state index contributed by atoms with van der Waals surface area (Å²) in [5.41, 5.74) is 5.39. The van der Waals surface area contributed by atoms with E-state index < -0.39 is 21.9 Å². The van der Waals surface area contributed by atoms with E-state index in [4.69, 9.17) is 10.2 Å². The van der Waals surface area contributed by atoms with Crippen molar-refractivity contribution in [2.45, 2.75) is 24.4 Å². The van der Waals surface area contributed by atoms with E-state index in [1.165, 1.54) is 24.5 Å². The molecule has 0 spiro atoms. The number of benzene rings is 1. The van der Waals surface area contributed by atoms with Crippen LogP contribution in [0.3, 0.4) is 0 Å². The van der Waals surface area contributed by atoms with Crippen LogP contribution in [0, 0.1) is 5.82 Å². The highest BCUT2D eigenvalue weighted by molar-refractivity contribution is 7.89. The number of nitrogens with two attached hydrogens (primary N) is 1. The molecule has 0 aliphatic carbocycles. The van der Waals surface area contributed by atoms with Crippen molar-refractivity contribution in [3.05, 3.63) is 53.7 Å². The van der Waals surface area contributed by atoms with Crippen molar-refractivity contribution in [1.82, 2.24) is 4.72 Å². The first-order valence-electron chi connectivity index (χ1n) is 5.99. The molecule has 2 rings (SSSR count). The molecule has 2 aromatic rings. The maximum Gasteiger partial charge on any atom is 0.241 e. The molecule has 0 saturated carbocycles. The molecule has 1 aromatic heterocycles. The molecule has 0 aliphatic heterocycles. The van der Waals surface area contributed by atoms with Crippen molar-refractivity contribution in [2.75, 3.05) is 0 Å². The maximum atomic E-state index is 13.6. The highest BCUT2D eigenvalue weighted by Gasteiger charge is 2.23. The SMILES string of the molecule is CC(NS(=O)(=O)c1cccc(F)c1CN)c1ccco1. The lowest BCUT2D eigenvalue weighted by molar-refractivity contribution is 0.459. The Bertz CT molecular complexity index is 684. The Kier molecular flexibility index (Phi) is 4.22. The normalized spacial score (nSPS) is 13.3. The van der Waals surface area contributed by atoms with E-state index in [1.807, 2.05) is 0 Å². The topological polar surface area (TPSA) is 85.3 Å². The molecule has 5 nitrogen and oxygen atoms in total. The fourth-order valence-corrected chi connectivity index (χ4v) is 3.35. The van der Waals surface area contributed by atoms with E-state index in [1.54, 1.807) is 19.1 Å². The van der Waals surface area contributed by atoms with Gasteiger partial charge in [-0.1, -0.05) is 6.07 Å². The van der Waals surface area contributed by atoms with Crippen LogP contribution in [0.15, 0.2) is 45.9 Å². The van der Waals surface area contributed by atoms with Crippen molar-refractivity contribution in [1.29, 1.82) is 0 Å². The van der Waals surface area contributed by atoms with Crippen molar-refractivity contribution in [2.24, 2.45) is 5.73 Å². The number of hydrogen-bond acceptors (Lipinski definition) is 4. The minimum atomic E-state index is -3.88. The predicted molar refractivity (Wildman–Crippen MR) is 71.7 cm³/mol. The standard InChI is InChI=1S/C13H15FN2O3S/c1-9(12-5-3-7-19-12)16-20(17,18)13-6-2-4-11(14)10(13)8-15/h2-7,9,16H,8,15H2,1H3. The first-order chi connectivity index (χ1) is 9.45. The van der Waals surface area contributed by atoms with Crippen molar-refractivity contribution in [3.8, 4) is 0 Å². The van der Waals surface area contributed by atoms with E-state index in [0.29, 0.717) is 5.76 Å². The van der Waals surface area contributed by atoms with Gasteiger partial charge in [-0.2, -0.15) is 0 Å². The van der Waals surface area contributed by atoms with Gasteiger partial charge in [-0.05, 0) is 31.2 Å². The first-order valence-corrected chi connectivity index (χ1v) is 7.47. The van der Waals surface area contributed by atoms with Crippen LogP contribution in [0.5, 0.6) is 0 Å². The summed E-state index contributed by atoms with van der Waals surface area (Å²) in [6, 6.07) is 6.58. The highest BCUT2D eigenvalue weighted by atomic mass is 32.2. The smallest absolute Gasteiger partial charge is 0.241 e. The second-order valence-electron chi connectivity index (χ2n) is 4.28. The number of rotatable bonds is 5. The van der Waals surface area contributed by atoms with E-state index in [0.717, 1.165) is 0 Å². The molecule has 0 amide bonds. The van der Waals surface area contributed by atoms with Gasteiger partial charge in [-0.25, -0.2) is 17.5 Å². The van der Waals surface area contributed by atoms with Crippen LogP contribution in [0.1, 0.15) is 24.3 Å². The van der Waals surface area contributed by atoms with Crippen LogP contribution >= 0.6 is 0 Å². The summed E-state index contributed by atoms with van der Waals surface area (Å²) >= 11 is 0. The zero-order valence-corrected chi connectivity index (χ0v) is 11.7. The van der Waals surface area contributed by atoms with Crippen molar-refractivity contribution >= 4 is 10.0 Å². The average molecular weight is 298 g/mol. The molecule has 0 fully saturated rings. The van der Waals surface area contributed by atoms with E-state index in [9.17, 15) is 12.8 Å². The Hall–Kier alpha value is -1.70. The summed E-state index contributed by atoms with van der Waals surface area (Å²) in [5, 5.41) is 0. The molecule has 3 N–H and O–H groups in total. The second-order valence-corrected chi connectivity index (χ2v) is 5.96. The lowest BCUT2D eigenvalue weighted by Gasteiger charge is -2.14. The van der Waals surface area contributed by atoms with E-state index in [-0.39, 0.29) is 17.0 Å². The summed E-state index contributed by atoms with van der Waals surface area (Å²) < 4.78 is 45.8. The number of halogens is 1. The third-order valence-electron chi connectivity index (χ3n) is 2.87. The number of nitrogens with one attached hydrogen (secondary N) is 1. The summed E-state index contributed by atoms with van der Waals surface area (Å²) in [6.45, 7) is 1.44. The van der Waals surface area contributed by atoms with Crippen LogP contribution in [-0.2, 0) is 16.6 Å². The first kappa shape index (κ1) is 14.7. The minimum Gasteiger partial charge on any atom is -0.468 e. The van der Waals surface area contributed by atoms with Gasteiger partial charge >= 0.3 is 0 Å². The van der Waals surface area contributed by atoms with Crippen LogP contribution in [-0.4, -0.2) is 8.42 Å². The predicted octanol–water partition coefficient (Wildman–Crippen LogP) is 1.92. The minimum absolute atomic E-state index is 0.0355. The van der Waals surface area contributed by atoms with Crippen LogP contribution in [0.25, 0.3) is 0 Å². The van der Waals surface area contributed by atoms with Gasteiger partial charge in [0.05, 0.1) is 17.2 Å². The fraction of sp³-hybridized carbons (Fsp3) is 0.231. The third-order valence-corrected chi connectivity index (χ3v) is 4.50. The number of hydrogen-bond donors (Lipinski definition) is 2. The molecule has 0 radical (unpaired) electrons. The summed E-state index contributed by atoms with van der Waals surface area (Å²) in [6.07, 6.45) is 1.45. The molecule has 1 heterocycles. The molecule has 108 valence electrons. The van der Waals surface area contributed by atoms with E-state index >= 15 is 0 Å². The Morgan fingerprint density at radius 3 is 2.70 bits per heavy atom. The maximum absolute atomic E-state index is 13.6. The largest absolute Gasteiger partial charge is 0.468 e. The summed E-state index contributed by atoms with van der Waals surface area (Å²) in [4.78, 5) is -0.154.